The van der Waals surface area contributed by atoms with Gasteiger partial charge in [-0.3, -0.25) is 4.79 Å². The largest absolute Gasteiger partial charge is 0.494 e. The molecule has 0 aromatic heterocycles. The molecule has 1 aromatic rings. The third-order valence-electron chi connectivity index (χ3n) is 3.65. The Morgan fingerprint density at radius 1 is 1.32 bits per heavy atom. The zero-order valence-electron chi connectivity index (χ0n) is 13.7. The molecule has 1 aliphatic rings. The Kier molecular flexibility index (Phi) is 5.42. The van der Waals surface area contributed by atoms with E-state index in [1.54, 1.807) is 0 Å². The van der Waals surface area contributed by atoms with E-state index in [-0.39, 0.29) is 18.1 Å². The molecule has 122 valence electrons. The molecule has 0 aliphatic carbocycles. The fourth-order valence-corrected chi connectivity index (χ4v) is 2.22. The molecule has 0 saturated carbocycles. The highest BCUT2D eigenvalue weighted by Gasteiger charge is 2.40. The van der Waals surface area contributed by atoms with Gasteiger partial charge in [-0.1, -0.05) is 13.8 Å². The molecule has 0 bridgehead atoms. The molecular weight excluding hydrogens is 282 g/mol. The monoisotopic (exact) mass is 307 g/mol. The highest BCUT2D eigenvalue weighted by atomic mass is 16.7. The minimum Gasteiger partial charge on any atom is -0.494 e. The van der Waals surface area contributed by atoms with Crippen LogP contribution >= 0.6 is 0 Å². The van der Waals surface area contributed by atoms with Crippen molar-refractivity contribution in [1.29, 1.82) is 0 Å². The number of carbonyl (C=O) groups is 1. The molecule has 1 amide bonds. The van der Waals surface area contributed by atoms with Crippen molar-refractivity contribution in [2.24, 2.45) is 11.3 Å². The lowest BCUT2D eigenvalue weighted by Gasteiger charge is -2.37. The van der Waals surface area contributed by atoms with Crippen LogP contribution in [-0.2, 0) is 14.3 Å². The van der Waals surface area contributed by atoms with E-state index in [1.165, 1.54) is 0 Å². The lowest BCUT2D eigenvalue weighted by Crippen LogP contribution is -2.48. The molecule has 22 heavy (non-hydrogen) atoms. The van der Waals surface area contributed by atoms with Crippen LogP contribution in [0.4, 0.5) is 5.69 Å². The standard InChI is InChI=1S/C17H25NO4/c1-5-20-14-8-6-13(7-9-14)18-16(19)17(4)10-21-15(12(2)3)22-11-17/h6-9,12,15H,5,10-11H2,1-4H3,(H,18,19). The molecular formula is C17H25NO4. The maximum Gasteiger partial charge on any atom is 0.234 e. The fourth-order valence-electron chi connectivity index (χ4n) is 2.22. The number of ether oxygens (including phenoxy) is 3. The van der Waals surface area contributed by atoms with E-state index < -0.39 is 5.41 Å². The third kappa shape index (κ3) is 3.99. The summed E-state index contributed by atoms with van der Waals surface area (Å²) in [5.41, 5.74) is 0.0601. The van der Waals surface area contributed by atoms with Crippen molar-refractivity contribution >= 4 is 11.6 Å². The van der Waals surface area contributed by atoms with Crippen molar-refractivity contribution in [2.45, 2.75) is 34.0 Å². The average molecular weight is 307 g/mol. The fraction of sp³-hybridized carbons (Fsp3) is 0.588. The van der Waals surface area contributed by atoms with Crippen LogP contribution in [0.3, 0.4) is 0 Å². The highest BCUT2D eigenvalue weighted by Crippen LogP contribution is 2.28. The first-order valence-electron chi connectivity index (χ1n) is 7.72. The minimum atomic E-state index is -0.677. The second-order valence-electron chi connectivity index (χ2n) is 6.21. The van der Waals surface area contributed by atoms with Gasteiger partial charge in [0.1, 0.15) is 5.75 Å². The van der Waals surface area contributed by atoms with Crippen LogP contribution in [0.2, 0.25) is 0 Å². The summed E-state index contributed by atoms with van der Waals surface area (Å²) in [7, 11) is 0. The summed E-state index contributed by atoms with van der Waals surface area (Å²) in [6.07, 6.45) is -0.230. The Morgan fingerprint density at radius 2 is 1.91 bits per heavy atom. The zero-order chi connectivity index (χ0) is 16.2. The molecule has 2 rings (SSSR count). The van der Waals surface area contributed by atoms with E-state index >= 15 is 0 Å². The maximum absolute atomic E-state index is 12.5. The van der Waals surface area contributed by atoms with Gasteiger partial charge in [-0.2, -0.15) is 0 Å². The van der Waals surface area contributed by atoms with Crippen molar-refractivity contribution < 1.29 is 19.0 Å². The van der Waals surface area contributed by atoms with Gasteiger partial charge in [0, 0.05) is 11.6 Å². The van der Waals surface area contributed by atoms with Gasteiger partial charge < -0.3 is 19.5 Å². The Morgan fingerprint density at radius 3 is 2.41 bits per heavy atom. The smallest absolute Gasteiger partial charge is 0.234 e. The normalized spacial score (nSPS) is 25.0. The summed E-state index contributed by atoms with van der Waals surface area (Å²) in [4.78, 5) is 12.5. The first kappa shape index (κ1) is 16.8. The Hall–Kier alpha value is -1.59. The molecule has 1 aliphatic heterocycles. The molecule has 0 atom stereocenters. The van der Waals surface area contributed by atoms with Crippen LogP contribution in [0.5, 0.6) is 5.75 Å². The topological polar surface area (TPSA) is 56.8 Å². The summed E-state index contributed by atoms with van der Waals surface area (Å²) in [5, 5.41) is 2.91. The van der Waals surface area contributed by atoms with Crippen LogP contribution in [0.15, 0.2) is 24.3 Å². The van der Waals surface area contributed by atoms with Crippen LogP contribution in [0.25, 0.3) is 0 Å². The molecule has 5 nitrogen and oxygen atoms in total. The molecule has 0 unspecified atom stereocenters. The van der Waals surface area contributed by atoms with Crippen LogP contribution in [0, 0.1) is 11.3 Å². The Bertz CT molecular complexity index is 490. The van der Waals surface area contributed by atoms with Gasteiger partial charge in [-0.05, 0) is 38.1 Å². The van der Waals surface area contributed by atoms with E-state index in [0.717, 1.165) is 11.4 Å². The van der Waals surface area contributed by atoms with Crippen molar-refractivity contribution in [2.75, 3.05) is 25.1 Å². The predicted molar refractivity (Wildman–Crippen MR) is 84.9 cm³/mol. The summed E-state index contributed by atoms with van der Waals surface area (Å²) < 4.78 is 16.7. The molecule has 0 spiro atoms. The van der Waals surface area contributed by atoms with Crippen LogP contribution in [0.1, 0.15) is 27.7 Å². The number of anilines is 1. The first-order chi connectivity index (χ1) is 10.4. The molecule has 1 saturated heterocycles. The highest BCUT2D eigenvalue weighted by molar-refractivity contribution is 5.95. The summed E-state index contributed by atoms with van der Waals surface area (Å²) in [5.74, 6) is 0.966. The van der Waals surface area contributed by atoms with Crippen molar-refractivity contribution in [3.05, 3.63) is 24.3 Å². The van der Waals surface area contributed by atoms with Gasteiger partial charge in [0.25, 0.3) is 0 Å². The number of benzene rings is 1. The minimum absolute atomic E-state index is 0.0983. The van der Waals surface area contributed by atoms with Crippen molar-refractivity contribution in [3.8, 4) is 5.75 Å². The van der Waals surface area contributed by atoms with Gasteiger partial charge in [-0.15, -0.1) is 0 Å². The zero-order valence-corrected chi connectivity index (χ0v) is 13.7. The first-order valence-corrected chi connectivity index (χ1v) is 7.72. The number of rotatable bonds is 5. The maximum atomic E-state index is 12.5. The average Bonchev–Trinajstić information content (AvgIpc) is 2.50. The Balaban J connectivity index is 1.94. The van der Waals surface area contributed by atoms with E-state index in [4.69, 9.17) is 14.2 Å². The van der Waals surface area contributed by atoms with E-state index in [9.17, 15) is 4.79 Å². The summed E-state index contributed by atoms with van der Waals surface area (Å²) >= 11 is 0. The number of nitrogens with one attached hydrogen (secondary N) is 1. The Labute approximate surface area is 131 Å². The molecule has 5 heteroatoms. The third-order valence-corrected chi connectivity index (χ3v) is 3.65. The molecule has 1 heterocycles. The van der Waals surface area contributed by atoms with Gasteiger partial charge in [0.05, 0.1) is 25.2 Å². The second-order valence-corrected chi connectivity index (χ2v) is 6.21. The van der Waals surface area contributed by atoms with E-state index in [2.05, 4.69) is 5.32 Å². The lowest BCUT2D eigenvalue weighted by molar-refractivity contribution is -0.237. The summed E-state index contributed by atoms with van der Waals surface area (Å²) in [6, 6.07) is 7.33. The molecule has 0 radical (unpaired) electrons. The van der Waals surface area contributed by atoms with Crippen molar-refractivity contribution in [1.82, 2.24) is 0 Å². The van der Waals surface area contributed by atoms with Crippen molar-refractivity contribution in [3.63, 3.8) is 0 Å². The molecule has 1 fully saturated rings. The summed E-state index contributed by atoms with van der Waals surface area (Å²) in [6.45, 7) is 9.20. The number of amides is 1. The number of hydrogen-bond acceptors (Lipinski definition) is 4. The van der Waals surface area contributed by atoms with Crippen LogP contribution in [-0.4, -0.2) is 32.0 Å². The van der Waals surface area contributed by atoms with Gasteiger partial charge in [0.15, 0.2) is 6.29 Å². The second kappa shape index (κ2) is 7.11. The quantitative estimate of drug-likeness (QED) is 0.908. The van der Waals surface area contributed by atoms with E-state index in [1.807, 2.05) is 52.0 Å². The molecule has 1 aromatic carbocycles. The van der Waals surface area contributed by atoms with E-state index in [0.29, 0.717) is 19.8 Å². The number of hydrogen-bond donors (Lipinski definition) is 1. The number of carbonyl (C=O) groups excluding carboxylic acids is 1. The predicted octanol–water partition coefficient (Wildman–Crippen LogP) is 3.06. The van der Waals surface area contributed by atoms with Gasteiger partial charge in [-0.25, -0.2) is 0 Å². The van der Waals surface area contributed by atoms with Gasteiger partial charge >= 0.3 is 0 Å². The molecule has 1 N–H and O–H groups in total. The van der Waals surface area contributed by atoms with Gasteiger partial charge in [0.2, 0.25) is 5.91 Å². The SMILES string of the molecule is CCOc1ccc(NC(=O)C2(C)COC(C(C)C)OC2)cc1. The lowest BCUT2D eigenvalue weighted by atomic mass is 9.90. The van der Waals surface area contributed by atoms with Crippen LogP contribution < -0.4 is 10.1 Å².